The normalized spacial score (nSPS) is 41.8. The van der Waals surface area contributed by atoms with Crippen LogP contribution in [-0.2, 0) is 0 Å². The van der Waals surface area contributed by atoms with Gasteiger partial charge in [0.25, 0.3) is 0 Å². The third-order valence-electron chi connectivity index (χ3n) is 4.81. The predicted octanol–water partition coefficient (Wildman–Crippen LogP) is 2.48. The summed E-state index contributed by atoms with van der Waals surface area (Å²) in [6.07, 6.45) is 5.70. The lowest BCUT2D eigenvalue weighted by atomic mass is 9.77. The molecule has 2 heteroatoms. The minimum absolute atomic E-state index is 0.412. The monoisotopic (exact) mass is 224 g/mol. The maximum atomic E-state index is 6.16. The fourth-order valence-electron chi connectivity index (χ4n) is 3.67. The summed E-state index contributed by atoms with van der Waals surface area (Å²) in [6, 6.07) is 1.24. The van der Waals surface area contributed by atoms with Gasteiger partial charge in [0.15, 0.2) is 0 Å². The molecule has 4 unspecified atom stereocenters. The molecule has 0 aromatic heterocycles. The minimum atomic E-state index is 0.412. The van der Waals surface area contributed by atoms with E-state index in [0.717, 1.165) is 24.4 Å². The number of hydrogen-bond donors (Lipinski definition) is 1. The number of nitrogens with zero attached hydrogens (tertiary/aromatic N) is 1. The highest BCUT2D eigenvalue weighted by Gasteiger charge is 2.37. The Morgan fingerprint density at radius 1 is 1.12 bits per heavy atom. The van der Waals surface area contributed by atoms with Crippen molar-refractivity contribution in [1.29, 1.82) is 0 Å². The largest absolute Gasteiger partial charge is 0.326 e. The third kappa shape index (κ3) is 2.43. The van der Waals surface area contributed by atoms with Crippen molar-refractivity contribution < 1.29 is 0 Å². The number of likely N-dealkylation sites (tertiary alicyclic amines) is 1. The Bertz CT molecular complexity index is 217. The van der Waals surface area contributed by atoms with Crippen LogP contribution >= 0.6 is 0 Å². The first kappa shape index (κ1) is 12.4. The topological polar surface area (TPSA) is 29.3 Å². The molecular weight excluding hydrogens is 196 g/mol. The summed E-state index contributed by atoms with van der Waals surface area (Å²) in [5.74, 6) is 2.43. The van der Waals surface area contributed by atoms with Gasteiger partial charge in [-0.2, -0.15) is 0 Å². The van der Waals surface area contributed by atoms with Crippen LogP contribution in [0.2, 0.25) is 0 Å². The van der Waals surface area contributed by atoms with Gasteiger partial charge in [-0.3, -0.25) is 4.90 Å². The van der Waals surface area contributed by atoms with Crippen LogP contribution in [0.1, 0.15) is 46.5 Å². The lowest BCUT2D eigenvalue weighted by molar-refractivity contribution is 0.0955. The van der Waals surface area contributed by atoms with Crippen LogP contribution < -0.4 is 5.73 Å². The number of hydrogen-bond acceptors (Lipinski definition) is 2. The molecule has 2 fully saturated rings. The van der Waals surface area contributed by atoms with Gasteiger partial charge >= 0.3 is 0 Å². The van der Waals surface area contributed by atoms with Gasteiger partial charge in [-0.15, -0.1) is 0 Å². The molecule has 2 nitrogen and oxygen atoms in total. The zero-order valence-electron chi connectivity index (χ0n) is 11.2. The predicted molar refractivity (Wildman–Crippen MR) is 69.3 cm³/mol. The van der Waals surface area contributed by atoms with Crippen molar-refractivity contribution in [2.75, 3.05) is 13.1 Å². The Labute approximate surface area is 101 Å². The van der Waals surface area contributed by atoms with Crippen molar-refractivity contribution in [2.24, 2.45) is 23.5 Å². The molecule has 0 aromatic rings. The van der Waals surface area contributed by atoms with Crippen molar-refractivity contribution in [2.45, 2.75) is 58.5 Å². The number of rotatable bonds is 2. The first-order chi connectivity index (χ1) is 7.59. The van der Waals surface area contributed by atoms with Gasteiger partial charge in [-0.25, -0.2) is 0 Å². The van der Waals surface area contributed by atoms with Crippen molar-refractivity contribution in [1.82, 2.24) is 4.90 Å². The lowest BCUT2D eigenvalue weighted by Gasteiger charge is -2.40. The van der Waals surface area contributed by atoms with Gasteiger partial charge in [0.1, 0.15) is 0 Å². The van der Waals surface area contributed by atoms with Crippen LogP contribution in [0, 0.1) is 17.8 Å². The van der Waals surface area contributed by atoms with Crippen LogP contribution in [-0.4, -0.2) is 30.1 Å². The molecule has 16 heavy (non-hydrogen) atoms. The van der Waals surface area contributed by atoms with Crippen molar-refractivity contribution in [3.63, 3.8) is 0 Å². The molecule has 4 atom stereocenters. The zero-order valence-corrected chi connectivity index (χ0v) is 11.2. The average Bonchev–Trinajstić information content (AvgIpc) is 2.59. The third-order valence-corrected chi connectivity index (χ3v) is 4.81. The van der Waals surface area contributed by atoms with E-state index in [2.05, 4.69) is 25.7 Å². The van der Waals surface area contributed by atoms with Gasteiger partial charge in [-0.05, 0) is 30.6 Å². The van der Waals surface area contributed by atoms with E-state index in [4.69, 9.17) is 5.73 Å². The Morgan fingerprint density at radius 3 is 2.38 bits per heavy atom. The van der Waals surface area contributed by atoms with E-state index in [1.165, 1.54) is 32.2 Å². The lowest BCUT2D eigenvalue weighted by Crippen LogP contribution is -2.44. The SMILES string of the molecule is CC(C)C1CCCCC1N1CC(C)C(N)C1. The Morgan fingerprint density at radius 2 is 1.81 bits per heavy atom. The van der Waals surface area contributed by atoms with Crippen LogP contribution in [0.3, 0.4) is 0 Å². The zero-order chi connectivity index (χ0) is 11.7. The minimum Gasteiger partial charge on any atom is -0.326 e. The maximum Gasteiger partial charge on any atom is 0.0206 e. The molecule has 1 aliphatic heterocycles. The molecule has 0 spiro atoms. The van der Waals surface area contributed by atoms with Gasteiger partial charge in [0.2, 0.25) is 0 Å². The highest BCUT2D eigenvalue weighted by atomic mass is 15.2. The van der Waals surface area contributed by atoms with Crippen molar-refractivity contribution >= 4 is 0 Å². The van der Waals surface area contributed by atoms with Gasteiger partial charge in [0, 0.05) is 25.2 Å². The summed E-state index contributed by atoms with van der Waals surface area (Å²) in [4.78, 5) is 2.69. The van der Waals surface area contributed by atoms with E-state index in [1.807, 2.05) is 0 Å². The summed E-state index contributed by atoms with van der Waals surface area (Å²) < 4.78 is 0. The second-order valence-electron chi connectivity index (χ2n) is 6.35. The van der Waals surface area contributed by atoms with Crippen LogP contribution in [0.15, 0.2) is 0 Å². The molecule has 1 heterocycles. The first-order valence-corrected chi connectivity index (χ1v) is 7.09. The van der Waals surface area contributed by atoms with Gasteiger partial charge in [0.05, 0.1) is 0 Å². The second kappa shape index (κ2) is 5.05. The molecule has 2 rings (SSSR count). The highest BCUT2D eigenvalue weighted by molar-refractivity contribution is 4.92. The molecule has 1 saturated heterocycles. The summed E-state index contributed by atoms with van der Waals surface area (Å²) in [5, 5.41) is 0. The maximum absolute atomic E-state index is 6.16. The van der Waals surface area contributed by atoms with Crippen molar-refractivity contribution in [3.05, 3.63) is 0 Å². The quantitative estimate of drug-likeness (QED) is 0.781. The van der Waals surface area contributed by atoms with E-state index >= 15 is 0 Å². The molecule has 2 aliphatic rings. The number of nitrogens with two attached hydrogens (primary N) is 1. The Balaban J connectivity index is 2.01. The molecule has 94 valence electrons. The smallest absolute Gasteiger partial charge is 0.0206 e. The van der Waals surface area contributed by atoms with E-state index in [0.29, 0.717) is 12.0 Å². The average molecular weight is 224 g/mol. The van der Waals surface area contributed by atoms with Gasteiger partial charge < -0.3 is 5.73 Å². The molecule has 1 aliphatic carbocycles. The van der Waals surface area contributed by atoms with Crippen LogP contribution in [0.5, 0.6) is 0 Å². The fourth-order valence-corrected chi connectivity index (χ4v) is 3.67. The van der Waals surface area contributed by atoms with E-state index < -0.39 is 0 Å². The molecule has 0 aromatic carbocycles. The summed E-state index contributed by atoms with van der Waals surface area (Å²) in [7, 11) is 0. The Kier molecular flexibility index (Phi) is 3.91. The molecule has 1 saturated carbocycles. The Hall–Kier alpha value is -0.0800. The van der Waals surface area contributed by atoms with E-state index in [1.54, 1.807) is 0 Å². The summed E-state index contributed by atoms with van der Waals surface area (Å²) in [6.45, 7) is 9.45. The summed E-state index contributed by atoms with van der Waals surface area (Å²) >= 11 is 0. The molecule has 0 bridgehead atoms. The van der Waals surface area contributed by atoms with Gasteiger partial charge in [-0.1, -0.05) is 33.6 Å². The van der Waals surface area contributed by atoms with Crippen molar-refractivity contribution in [3.8, 4) is 0 Å². The molecule has 2 N–H and O–H groups in total. The standard InChI is InChI=1S/C14H28N2/c1-10(2)12-6-4-5-7-14(12)16-8-11(3)13(15)9-16/h10-14H,4-9,15H2,1-3H3. The summed E-state index contributed by atoms with van der Waals surface area (Å²) in [5.41, 5.74) is 6.16. The fraction of sp³-hybridized carbons (Fsp3) is 1.00. The van der Waals surface area contributed by atoms with Crippen LogP contribution in [0.4, 0.5) is 0 Å². The highest BCUT2D eigenvalue weighted by Crippen LogP contribution is 2.35. The second-order valence-corrected chi connectivity index (χ2v) is 6.35. The van der Waals surface area contributed by atoms with E-state index in [9.17, 15) is 0 Å². The molecule has 0 radical (unpaired) electrons. The van der Waals surface area contributed by atoms with Crippen LogP contribution in [0.25, 0.3) is 0 Å². The first-order valence-electron chi connectivity index (χ1n) is 7.09. The molecular formula is C14H28N2. The van der Waals surface area contributed by atoms with E-state index in [-0.39, 0.29) is 0 Å². The molecule has 0 amide bonds.